The lowest BCUT2D eigenvalue weighted by molar-refractivity contribution is -0.384. The Bertz CT molecular complexity index is 1070. The zero-order valence-corrected chi connectivity index (χ0v) is 17.2. The van der Waals surface area contributed by atoms with E-state index in [1.165, 1.54) is 0 Å². The van der Waals surface area contributed by atoms with Gasteiger partial charge in [0.2, 0.25) is 0 Å². The molecular weight excluding hydrogens is 398 g/mol. The van der Waals surface area contributed by atoms with Crippen molar-refractivity contribution in [2.75, 3.05) is 37.8 Å². The molecule has 4 rings (SSSR count). The van der Waals surface area contributed by atoms with Crippen LogP contribution in [0.15, 0.2) is 64.0 Å². The van der Waals surface area contributed by atoms with Gasteiger partial charge < -0.3 is 18.8 Å². The summed E-state index contributed by atoms with van der Waals surface area (Å²) in [5.41, 5.74) is 2.07. The number of ether oxygens (including phenoxy) is 2. The van der Waals surface area contributed by atoms with Crippen LogP contribution < -0.4 is 9.64 Å². The van der Waals surface area contributed by atoms with Gasteiger partial charge in [0.15, 0.2) is 0 Å². The van der Waals surface area contributed by atoms with Gasteiger partial charge in [0, 0.05) is 24.7 Å². The van der Waals surface area contributed by atoms with E-state index in [4.69, 9.17) is 13.9 Å². The second-order valence-corrected chi connectivity index (χ2v) is 6.95. The third kappa shape index (κ3) is 4.92. The molecule has 0 atom stereocenters. The van der Waals surface area contributed by atoms with E-state index >= 15 is 0 Å². The molecule has 8 heteroatoms. The number of nitro groups is 1. The minimum atomic E-state index is -0.356. The van der Waals surface area contributed by atoms with Crippen LogP contribution in [0, 0.1) is 10.1 Å². The molecule has 31 heavy (non-hydrogen) atoms. The molecule has 0 aliphatic carbocycles. The first kappa shape index (κ1) is 20.6. The van der Waals surface area contributed by atoms with Crippen LogP contribution in [-0.2, 0) is 4.74 Å². The predicted molar refractivity (Wildman–Crippen MR) is 119 cm³/mol. The molecule has 1 aromatic heterocycles. The number of nitro benzene ring substituents is 1. The third-order valence-corrected chi connectivity index (χ3v) is 4.92. The number of benzene rings is 2. The molecule has 2 heterocycles. The van der Waals surface area contributed by atoms with Gasteiger partial charge in [-0.15, -0.1) is 0 Å². The van der Waals surface area contributed by atoms with E-state index in [9.17, 15) is 10.1 Å². The van der Waals surface area contributed by atoms with Crippen LogP contribution in [0.4, 0.5) is 17.1 Å². The van der Waals surface area contributed by atoms with Crippen molar-refractivity contribution in [3.8, 4) is 17.1 Å². The summed E-state index contributed by atoms with van der Waals surface area (Å²) in [4.78, 5) is 17.7. The van der Waals surface area contributed by atoms with Crippen molar-refractivity contribution in [3.05, 3.63) is 70.5 Å². The van der Waals surface area contributed by atoms with E-state index in [0.717, 1.165) is 11.4 Å². The highest BCUT2D eigenvalue weighted by molar-refractivity contribution is 5.80. The number of anilines is 1. The molecule has 0 amide bonds. The van der Waals surface area contributed by atoms with Crippen LogP contribution in [0.5, 0.6) is 5.75 Å². The average molecular weight is 421 g/mol. The molecule has 2 aromatic carbocycles. The van der Waals surface area contributed by atoms with E-state index in [0.29, 0.717) is 55.7 Å². The number of aliphatic imine (C=N–C) groups is 1. The molecule has 160 valence electrons. The van der Waals surface area contributed by atoms with Crippen molar-refractivity contribution in [1.82, 2.24) is 0 Å². The van der Waals surface area contributed by atoms with Gasteiger partial charge in [-0.1, -0.05) is 0 Å². The molecule has 1 fully saturated rings. The Kier molecular flexibility index (Phi) is 6.28. The normalized spacial score (nSPS) is 14.2. The van der Waals surface area contributed by atoms with Crippen LogP contribution in [0.3, 0.4) is 0 Å². The Balaban J connectivity index is 1.52. The van der Waals surface area contributed by atoms with Gasteiger partial charge in [0.25, 0.3) is 5.69 Å². The number of rotatable bonds is 7. The van der Waals surface area contributed by atoms with Gasteiger partial charge >= 0.3 is 0 Å². The lowest BCUT2D eigenvalue weighted by Gasteiger charge is -2.28. The van der Waals surface area contributed by atoms with Crippen LogP contribution in [0.2, 0.25) is 0 Å². The summed E-state index contributed by atoms with van der Waals surface area (Å²) < 4.78 is 16.6. The molecule has 1 aliphatic rings. The third-order valence-electron chi connectivity index (χ3n) is 4.92. The number of morpholine rings is 1. The van der Waals surface area contributed by atoms with Crippen molar-refractivity contribution in [3.63, 3.8) is 0 Å². The zero-order chi connectivity index (χ0) is 21.6. The van der Waals surface area contributed by atoms with Crippen LogP contribution >= 0.6 is 0 Å². The van der Waals surface area contributed by atoms with Gasteiger partial charge in [-0.2, -0.15) is 0 Å². The van der Waals surface area contributed by atoms with Crippen molar-refractivity contribution >= 4 is 23.3 Å². The van der Waals surface area contributed by atoms with E-state index in [1.54, 1.807) is 30.5 Å². The molecule has 0 spiro atoms. The molecule has 0 N–H and O–H groups in total. The monoisotopic (exact) mass is 421 g/mol. The summed E-state index contributed by atoms with van der Waals surface area (Å²) in [7, 11) is 0. The first-order chi connectivity index (χ1) is 15.1. The van der Waals surface area contributed by atoms with Crippen LogP contribution in [0.25, 0.3) is 11.3 Å². The Morgan fingerprint density at radius 1 is 1.13 bits per heavy atom. The fraction of sp³-hybridized carbons (Fsp3) is 0.261. The summed E-state index contributed by atoms with van der Waals surface area (Å²) in [6.07, 6.45) is 1.62. The van der Waals surface area contributed by atoms with Crippen LogP contribution in [0.1, 0.15) is 12.7 Å². The number of hydrogen-bond acceptors (Lipinski definition) is 7. The molecule has 1 saturated heterocycles. The van der Waals surface area contributed by atoms with Crippen molar-refractivity contribution < 1.29 is 18.8 Å². The second kappa shape index (κ2) is 9.44. The first-order valence-electron chi connectivity index (χ1n) is 10.1. The second-order valence-electron chi connectivity index (χ2n) is 6.95. The summed E-state index contributed by atoms with van der Waals surface area (Å²) in [5.74, 6) is 1.90. The first-order valence-corrected chi connectivity index (χ1v) is 10.1. The molecule has 3 aromatic rings. The van der Waals surface area contributed by atoms with Gasteiger partial charge in [-0.25, -0.2) is 0 Å². The largest absolute Gasteiger partial charge is 0.494 e. The Morgan fingerprint density at radius 2 is 1.90 bits per heavy atom. The summed E-state index contributed by atoms with van der Waals surface area (Å²) in [6.45, 7) is 4.94. The number of hydrogen-bond donors (Lipinski definition) is 0. The topological polar surface area (TPSA) is 90.3 Å². The fourth-order valence-electron chi connectivity index (χ4n) is 3.41. The maximum atomic E-state index is 11.7. The lowest BCUT2D eigenvalue weighted by atomic mass is 10.1. The molecular formula is C23H23N3O5. The minimum Gasteiger partial charge on any atom is -0.494 e. The number of nitrogens with zero attached hydrogens (tertiary/aromatic N) is 3. The van der Waals surface area contributed by atoms with E-state index in [2.05, 4.69) is 4.99 Å². The smallest absolute Gasteiger partial charge is 0.293 e. The average Bonchev–Trinajstić information content (AvgIpc) is 3.28. The Morgan fingerprint density at radius 3 is 2.61 bits per heavy atom. The van der Waals surface area contributed by atoms with Crippen LogP contribution in [-0.4, -0.2) is 44.0 Å². The van der Waals surface area contributed by atoms with E-state index < -0.39 is 0 Å². The van der Waals surface area contributed by atoms with Gasteiger partial charge in [0.1, 0.15) is 23.0 Å². The highest BCUT2D eigenvalue weighted by Crippen LogP contribution is 2.34. The quantitative estimate of drug-likeness (QED) is 0.308. The highest BCUT2D eigenvalue weighted by atomic mass is 16.6. The fourth-order valence-corrected chi connectivity index (χ4v) is 3.41. The molecule has 1 aliphatic heterocycles. The van der Waals surface area contributed by atoms with Gasteiger partial charge in [0.05, 0.1) is 36.6 Å². The summed E-state index contributed by atoms with van der Waals surface area (Å²) >= 11 is 0. The van der Waals surface area contributed by atoms with Gasteiger partial charge in [-0.05, 0) is 55.5 Å². The maximum absolute atomic E-state index is 11.7. The van der Waals surface area contributed by atoms with Gasteiger partial charge in [-0.3, -0.25) is 15.1 Å². The Hall–Kier alpha value is -3.65. The molecule has 8 nitrogen and oxygen atoms in total. The maximum Gasteiger partial charge on any atom is 0.293 e. The van der Waals surface area contributed by atoms with Crippen molar-refractivity contribution in [2.45, 2.75) is 6.92 Å². The SMILES string of the molecule is CCOc1ccc(N=Cc2ccc(-c3ccc(N4CCOCC4)c([N+](=O)[O-])c3)o2)cc1. The highest BCUT2D eigenvalue weighted by Gasteiger charge is 2.22. The zero-order valence-electron chi connectivity index (χ0n) is 17.2. The molecule has 0 unspecified atom stereocenters. The van der Waals surface area contributed by atoms with E-state index in [1.807, 2.05) is 42.2 Å². The minimum absolute atomic E-state index is 0.0559. The predicted octanol–water partition coefficient (Wildman–Crippen LogP) is 4.84. The summed E-state index contributed by atoms with van der Waals surface area (Å²) in [5, 5.41) is 11.7. The standard InChI is InChI=1S/C23H23N3O5/c1-2-30-19-6-4-18(5-7-19)24-16-20-8-10-23(31-20)17-3-9-21(22(15-17)26(27)28)25-11-13-29-14-12-25/h3-10,15-16H,2,11-14H2,1H3. The molecule has 0 bridgehead atoms. The van der Waals surface area contributed by atoms with E-state index in [-0.39, 0.29) is 10.6 Å². The lowest BCUT2D eigenvalue weighted by Crippen LogP contribution is -2.36. The Labute approximate surface area is 179 Å². The summed E-state index contributed by atoms with van der Waals surface area (Å²) in [6, 6.07) is 16.2. The van der Waals surface area contributed by atoms with Crippen molar-refractivity contribution in [2.24, 2.45) is 4.99 Å². The number of furan rings is 1. The van der Waals surface area contributed by atoms with Crippen molar-refractivity contribution in [1.29, 1.82) is 0 Å². The molecule has 0 saturated carbocycles. The molecule has 0 radical (unpaired) electrons.